The van der Waals surface area contributed by atoms with Gasteiger partial charge in [0.15, 0.2) is 17.2 Å². The van der Waals surface area contributed by atoms with Gasteiger partial charge in [0.2, 0.25) is 0 Å². The molecule has 3 heterocycles. The zero-order valence-corrected chi connectivity index (χ0v) is 10.8. The molecule has 0 spiro atoms. The molecular formula is C15H9N5O. The lowest BCUT2D eigenvalue weighted by Crippen LogP contribution is -1.84. The molecule has 0 bridgehead atoms. The van der Waals surface area contributed by atoms with Crippen molar-refractivity contribution < 1.29 is 5.11 Å². The summed E-state index contributed by atoms with van der Waals surface area (Å²) < 4.78 is 0. The zero-order valence-electron chi connectivity index (χ0n) is 10.8. The van der Waals surface area contributed by atoms with E-state index in [1.54, 1.807) is 24.4 Å². The summed E-state index contributed by atoms with van der Waals surface area (Å²) in [7, 11) is 0. The Morgan fingerprint density at radius 3 is 2.95 bits per heavy atom. The second-order valence-electron chi connectivity index (χ2n) is 4.69. The van der Waals surface area contributed by atoms with E-state index in [1.807, 2.05) is 12.1 Å². The minimum absolute atomic E-state index is 0.0403. The molecule has 1 aromatic carbocycles. The standard InChI is InChI=1S/C15H9N5O/c1-16-9-3-5-11-10(6-9)13(15(21)19-11)12-4-2-8-7-17-20-14(8)18-12/h2-7,19,21H,(H,17,18,20). The Bertz CT molecular complexity index is 1020. The minimum Gasteiger partial charge on any atom is -0.494 e. The molecule has 0 unspecified atom stereocenters. The first kappa shape index (κ1) is 11.5. The molecule has 6 heteroatoms. The smallest absolute Gasteiger partial charge is 0.199 e. The molecule has 0 saturated carbocycles. The molecule has 0 radical (unpaired) electrons. The van der Waals surface area contributed by atoms with Gasteiger partial charge >= 0.3 is 0 Å². The van der Waals surface area contributed by atoms with Gasteiger partial charge in [-0.2, -0.15) is 5.10 Å². The normalized spacial score (nSPS) is 11.0. The van der Waals surface area contributed by atoms with Crippen LogP contribution in [0.25, 0.3) is 38.0 Å². The molecule has 21 heavy (non-hydrogen) atoms. The minimum atomic E-state index is 0.0403. The molecule has 3 N–H and O–H groups in total. The van der Waals surface area contributed by atoms with Crippen LogP contribution in [0.2, 0.25) is 0 Å². The van der Waals surface area contributed by atoms with E-state index in [2.05, 4.69) is 25.0 Å². The first-order valence-corrected chi connectivity index (χ1v) is 6.29. The van der Waals surface area contributed by atoms with Crippen LogP contribution in [0, 0.1) is 6.57 Å². The van der Waals surface area contributed by atoms with Crippen molar-refractivity contribution in [2.45, 2.75) is 0 Å². The van der Waals surface area contributed by atoms with Crippen molar-refractivity contribution in [3.8, 4) is 17.1 Å². The van der Waals surface area contributed by atoms with Crippen molar-refractivity contribution in [2.75, 3.05) is 0 Å². The van der Waals surface area contributed by atoms with Crippen LogP contribution in [0.15, 0.2) is 36.5 Å². The lowest BCUT2D eigenvalue weighted by atomic mass is 10.1. The van der Waals surface area contributed by atoms with E-state index in [1.165, 1.54) is 0 Å². The van der Waals surface area contributed by atoms with Gasteiger partial charge in [0, 0.05) is 16.3 Å². The van der Waals surface area contributed by atoms with Gasteiger partial charge in [0.25, 0.3) is 0 Å². The topological polar surface area (TPSA) is 82.0 Å². The molecule has 0 amide bonds. The molecule has 6 nitrogen and oxygen atoms in total. The van der Waals surface area contributed by atoms with E-state index in [-0.39, 0.29) is 5.88 Å². The molecule has 4 aromatic rings. The molecule has 0 aliphatic heterocycles. The number of hydrogen-bond donors (Lipinski definition) is 3. The molecule has 0 saturated heterocycles. The number of benzene rings is 1. The zero-order chi connectivity index (χ0) is 14.4. The number of nitrogens with zero attached hydrogens (tertiary/aromatic N) is 3. The maximum atomic E-state index is 10.2. The maximum absolute atomic E-state index is 10.2. The van der Waals surface area contributed by atoms with Crippen molar-refractivity contribution in [3.05, 3.63) is 47.9 Å². The van der Waals surface area contributed by atoms with Crippen LogP contribution in [0.1, 0.15) is 0 Å². The third-order valence-corrected chi connectivity index (χ3v) is 3.45. The Kier molecular flexibility index (Phi) is 2.23. The summed E-state index contributed by atoms with van der Waals surface area (Å²) in [5.41, 5.74) is 3.15. The van der Waals surface area contributed by atoms with Gasteiger partial charge < -0.3 is 10.1 Å². The SMILES string of the molecule is [C-]#[N+]c1ccc2[nH]c(O)c(-c3ccc4cn[nH]c4n3)c2c1. The molecule has 0 fully saturated rings. The Hall–Kier alpha value is -3.33. The molecular weight excluding hydrogens is 266 g/mol. The number of H-pyrrole nitrogens is 2. The fourth-order valence-electron chi connectivity index (χ4n) is 2.46. The van der Waals surface area contributed by atoms with Gasteiger partial charge in [-0.15, -0.1) is 0 Å². The fourth-order valence-corrected chi connectivity index (χ4v) is 2.46. The third-order valence-electron chi connectivity index (χ3n) is 3.45. The summed E-state index contributed by atoms with van der Waals surface area (Å²) in [6, 6.07) is 8.94. The Balaban J connectivity index is 2.04. The van der Waals surface area contributed by atoms with Crippen molar-refractivity contribution in [2.24, 2.45) is 0 Å². The van der Waals surface area contributed by atoms with E-state index < -0.39 is 0 Å². The second kappa shape index (κ2) is 4.08. The van der Waals surface area contributed by atoms with Gasteiger partial charge in [-0.1, -0.05) is 6.07 Å². The third kappa shape index (κ3) is 1.65. The van der Waals surface area contributed by atoms with Gasteiger partial charge in [0.1, 0.15) is 0 Å². The molecule has 0 atom stereocenters. The largest absolute Gasteiger partial charge is 0.494 e. The summed E-state index contributed by atoms with van der Waals surface area (Å²) >= 11 is 0. The molecule has 0 aliphatic rings. The Morgan fingerprint density at radius 1 is 1.19 bits per heavy atom. The lowest BCUT2D eigenvalue weighted by molar-refractivity contribution is 0.460. The van der Waals surface area contributed by atoms with E-state index >= 15 is 0 Å². The Morgan fingerprint density at radius 2 is 2.10 bits per heavy atom. The summed E-state index contributed by atoms with van der Waals surface area (Å²) in [5.74, 6) is 0.0403. The van der Waals surface area contributed by atoms with Crippen molar-refractivity contribution >= 4 is 27.6 Å². The van der Waals surface area contributed by atoms with E-state index in [0.29, 0.717) is 22.6 Å². The van der Waals surface area contributed by atoms with Gasteiger partial charge in [0.05, 0.1) is 24.0 Å². The second-order valence-corrected chi connectivity index (χ2v) is 4.69. The van der Waals surface area contributed by atoms with E-state index in [9.17, 15) is 5.11 Å². The van der Waals surface area contributed by atoms with Crippen LogP contribution in [-0.4, -0.2) is 25.3 Å². The Labute approximate surface area is 118 Å². The monoisotopic (exact) mass is 275 g/mol. The van der Waals surface area contributed by atoms with Crippen LogP contribution in [0.3, 0.4) is 0 Å². The predicted octanol–water partition coefficient (Wildman–Crippen LogP) is 3.36. The highest BCUT2D eigenvalue weighted by atomic mass is 16.3. The first-order chi connectivity index (χ1) is 10.3. The highest BCUT2D eigenvalue weighted by molar-refractivity contribution is 6.00. The number of rotatable bonds is 1. The average Bonchev–Trinajstić information content (AvgIpc) is 3.08. The highest BCUT2D eigenvalue weighted by Crippen LogP contribution is 2.37. The fraction of sp³-hybridized carbons (Fsp3) is 0. The van der Waals surface area contributed by atoms with Crippen molar-refractivity contribution in [1.29, 1.82) is 0 Å². The number of pyridine rings is 1. The van der Waals surface area contributed by atoms with Gasteiger partial charge in [-0.3, -0.25) is 5.10 Å². The number of hydrogen-bond acceptors (Lipinski definition) is 3. The van der Waals surface area contributed by atoms with Gasteiger partial charge in [-0.05, 0) is 24.3 Å². The van der Waals surface area contributed by atoms with Crippen LogP contribution < -0.4 is 0 Å². The number of aromatic amines is 2. The number of aromatic hydroxyl groups is 1. The molecule has 100 valence electrons. The van der Waals surface area contributed by atoms with Crippen LogP contribution in [0.4, 0.5) is 5.69 Å². The van der Waals surface area contributed by atoms with Gasteiger partial charge in [-0.25, -0.2) is 9.83 Å². The number of fused-ring (bicyclic) bond motifs is 2. The molecule has 0 aliphatic carbocycles. The quantitative estimate of drug-likeness (QED) is 0.466. The first-order valence-electron chi connectivity index (χ1n) is 6.29. The van der Waals surface area contributed by atoms with Crippen LogP contribution in [-0.2, 0) is 0 Å². The average molecular weight is 275 g/mol. The van der Waals surface area contributed by atoms with Crippen LogP contribution in [0.5, 0.6) is 5.88 Å². The lowest BCUT2D eigenvalue weighted by Gasteiger charge is -2.00. The maximum Gasteiger partial charge on any atom is 0.199 e. The predicted molar refractivity (Wildman–Crippen MR) is 79.1 cm³/mol. The van der Waals surface area contributed by atoms with E-state index in [0.717, 1.165) is 16.3 Å². The highest BCUT2D eigenvalue weighted by Gasteiger charge is 2.15. The summed E-state index contributed by atoms with van der Waals surface area (Å²) in [4.78, 5) is 10.8. The van der Waals surface area contributed by atoms with Crippen LogP contribution >= 0.6 is 0 Å². The summed E-state index contributed by atoms with van der Waals surface area (Å²) in [6.07, 6.45) is 1.69. The summed E-state index contributed by atoms with van der Waals surface area (Å²) in [5, 5.41) is 18.6. The van der Waals surface area contributed by atoms with Crippen molar-refractivity contribution in [3.63, 3.8) is 0 Å². The van der Waals surface area contributed by atoms with Crippen molar-refractivity contribution in [1.82, 2.24) is 20.2 Å². The number of nitrogens with one attached hydrogen (secondary N) is 2. The molecule has 4 rings (SSSR count). The van der Waals surface area contributed by atoms with E-state index in [4.69, 9.17) is 6.57 Å². The number of aromatic nitrogens is 4. The molecule has 3 aromatic heterocycles. The summed E-state index contributed by atoms with van der Waals surface area (Å²) in [6.45, 7) is 7.11.